The Hall–Kier alpha value is -1.96. The number of hydrogen-bond acceptors (Lipinski definition) is 6. The molecule has 0 saturated carbocycles. The fourth-order valence-electron chi connectivity index (χ4n) is 3.10. The number of ether oxygens (including phenoxy) is 1. The van der Waals surface area contributed by atoms with Crippen LogP contribution in [0.4, 0.5) is 5.13 Å². The number of rotatable bonds is 4. The highest BCUT2D eigenvalue weighted by molar-refractivity contribution is 7.22. The van der Waals surface area contributed by atoms with E-state index in [2.05, 4.69) is 5.16 Å². The molecule has 136 valence electrons. The number of amides is 1. The molecule has 0 N–H and O–H groups in total. The molecule has 0 spiro atoms. The molecule has 0 radical (unpaired) electrons. The Morgan fingerprint density at radius 2 is 2.23 bits per heavy atom. The third kappa shape index (κ3) is 3.34. The van der Waals surface area contributed by atoms with Crippen molar-refractivity contribution in [2.45, 2.75) is 32.8 Å². The fourth-order valence-corrected chi connectivity index (χ4v) is 4.52. The molecule has 1 saturated heterocycles. The molecule has 0 aliphatic carbocycles. The number of anilines is 1. The van der Waals surface area contributed by atoms with E-state index in [1.807, 2.05) is 19.1 Å². The number of hydrogen-bond donors (Lipinski definition) is 0. The van der Waals surface area contributed by atoms with Crippen molar-refractivity contribution in [1.82, 2.24) is 10.1 Å². The second kappa shape index (κ2) is 6.98. The van der Waals surface area contributed by atoms with Crippen molar-refractivity contribution in [2.24, 2.45) is 0 Å². The van der Waals surface area contributed by atoms with E-state index in [4.69, 9.17) is 25.8 Å². The van der Waals surface area contributed by atoms with Crippen molar-refractivity contribution < 1.29 is 14.1 Å². The van der Waals surface area contributed by atoms with Crippen LogP contribution in [0.5, 0.6) is 0 Å². The van der Waals surface area contributed by atoms with Gasteiger partial charge in [-0.25, -0.2) is 4.98 Å². The van der Waals surface area contributed by atoms with Crippen LogP contribution in [0.15, 0.2) is 22.7 Å². The third-order valence-electron chi connectivity index (χ3n) is 4.36. The summed E-state index contributed by atoms with van der Waals surface area (Å²) in [6.07, 6.45) is 1.93. The summed E-state index contributed by atoms with van der Waals surface area (Å²) < 4.78 is 11.9. The SMILES string of the molecule is Cc1cc(C(=O)N(C[C@H]2CCCO2)c2nc3c(C)cc(Cl)cc3s2)on1. The van der Waals surface area contributed by atoms with E-state index in [1.165, 1.54) is 11.3 Å². The van der Waals surface area contributed by atoms with Gasteiger partial charge in [0, 0.05) is 17.7 Å². The molecular formula is C18H18ClN3O3S. The van der Waals surface area contributed by atoms with Gasteiger partial charge in [0.1, 0.15) is 0 Å². The maximum Gasteiger partial charge on any atom is 0.298 e. The van der Waals surface area contributed by atoms with Crippen LogP contribution in [-0.4, -0.2) is 35.3 Å². The summed E-state index contributed by atoms with van der Waals surface area (Å²) in [7, 11) is 0. The van der Waals surface area contributed by atoms with E-state index in [0.29, 0.717) is 22.4 Å². The summed E-state index contributed by atoms with van der Waals surface area (Å²) in [5.41, 5.74) is 2.50. The van der Waals surface area contributed by atoms with Crippen molar-refractivity contribution in [1.29, 1.82) is 0 Å². The first kappa shape index (κ1) is 17.5. The molecule has 3 heterocycles. The van der Waals surface area contributed by atoms with Crippen LogP contribution in [0.2, 0.25) is 5.02 Å². The minimum Gasteiger partial charge on any atom is -0.376 e. The van der Waals surface area contributed by atoms with Gasteiger partial charge in [-0.3, -0.25) is 9.69 Å². The van der Waals surface area contributed by atoms with Crippen LogP contribution >= 0.6 is 22.9 Å². The lowest BCUT2D eigenvalue weighted by molar-refractivity contribution is 0.0887. The number of fused-ring (bicyclic) bond motifs is 1. The summed E-state index contributed by atoms with van der Waals surface area (Å²) >= 11 is 7.61. The molecular weight excluding hydrogens is 374 g/mol. The molecule has 1 amide bonds. The zero-order valence-electron chi connectivity index (χ0n) is 14.5. The lowest BCUT2D eigenvalue weighted by Crippen LogP contribution is -2.37. The predicted molar refractivity (Wildman–Crippen MR) is 101 cm³/mol. The number of carbonyl (C=O) groups is 1. The minimum absolute atomic E-state index is 0.000310. The van der Waals surface area contributed by atoms with Crippen LogP contribution in [0.1, 0.15) is 34.7 Å². The Morgan fingerprint density at radius 3 is 2.92 bits per heavy atom. The molecule has 1 aliphatic heterocycles. The van der Waals surface area contributed by atoms with Crippen molar-refractivity contribution in [3.8, 4) is 0 Å². The highest BCUT2D eigenvalue weighted by Crippen LogP contribution is 2.34. The first-order valence-corrected chi connectivity index (χ1v) is 9.64. The second-order valence-electron chi connectivity index (χ2n) is 6.45. The minimum atomic E-state index is -0.260. The Balaban J connectivity index is 1.74. The molecule has 0 bridgehead atoms. The van der Waals surface area contributed by atoms with Crippen molar-refractivity contribution in [3.63, 3.8) is 0 Å². The Kier molecular flexibility index (Phi) is 4.69. The maximum atomic E-state index is 13.1. The van der Waals surface area contributed by atoms with Gasteiger partial charge in [0.15, 0.2) is 5.13 Å². The summed E-state index contributed by atoms with van der Waals surface area (Å²) in [4.78, 5) is 19.4. The van der Waals surface area contributed by atoms with Gasteiger partial charge in [0.05, 0.1) is 28.6 Å². The first-order valence-electron chi connectivity index (χ1n) is 8.45. The number of aryl methyl sites for hydroxylation is 2. The van der Waals surface area contributed by atoms with E-state index >= 15 is 0 Å². The average molecular weight is 392 g/mol. The molecule has 0 unspecified atom stereocenters. The van der Waals surface area contributed by atoms with Gasteiger partial charge in [0.25, 0.3) is 5.91 Å². The Morgan fingerprint density at radius 1 is 1.38 bits per heavy atom. The molecule has 1 atom stereocenters. The van der Waals surface area contributed by atoms with Crippen molar-refractivity contribution in [2.75, 3.05) is 18.1 Å². The molecule has 2 aromatic heterocycles. The average Bonchev–Trinajstić information content (AvgIpc) is 3.32. The third-order valence-corrected chi connectivity index (χ3v) is 5.61. The van der Waals surface area contributed by atoms with Gasteiger partial charge in [-0.05, 0) is 44.4 Å². The topological polar surface area (TPSA) is 68.5 Å². The Labute approximate surface area is 159 Å². The summed E-state index contributed by atoms with van der Waals surface area (Å²) in [6, 6.07) is 5.39. The van der Waals surface area contributed by atoms with Gasteiger partial charge < -0.3 is 9.26 Å². The number of carbonyl (C=O) groups excluding carboxylic acids is 1. The van der Waals surface area contributed by atoms with E-state index in [9.17, 15) is 4.79 Å². The molecule has 1 fully saturated rings. The normalized spacial score (nSPS) is 17.1. The number of thiazole rings is 1. The number of halogens is 1. The standard InChI is InChI=1S/C18H18ClN3O3S/c1-10-6-12(19)8-15-16(10)20-18(26-15)22(9-13-4-3-5-24-13)17(23)14-7-11(2)21-25-14/h6-8,13H,3-5,9H2,1-2H3/t13-/m1/s1. The van der Waals surface area contributed by atoms with E-state index in [-0.39, 0.29) is 17.8 Å². The van der Waals surface area contributed by atoms with Crippen molar-refractivity contribution in [3.05, 3.63) is 40.2 Å². The van der Waals surface area contributed by atoms with Crippen LogP contribution in [0.3, 0.4) is 0 Å². The number of benzene rings is 1. The maximum absolute atomic E-state index is 13.1. The largest absolute Gasteiger partial charge is 0.376 e. The zero-order valence-corrected chi connectivity index (χ0v) is 16.1. The molecule has 1 aromatic carbocycles. The number of nitrogens with zero attached hydrogens (tertiary/aromatic N) is 3. The van der Waals surface area contributed by atoms with E-state index < -0.39 is 0 Å². The molecule has 3 aromatic rings. The quantitative estimate of drug-likeness (QED) is 0.660. The van der Waals surface area contributed by atoms with Gasteiger partial charge in [-0.1, -0.05) is 28.1 Å². The van der Waals surface area contributed by atoms with Gasteiger partial charge in [-0.2, -0.15) is 0 Å². The van der Waals surface area contributed by atoms with E-state index in [1.54, 1.807) is 17.9 Å². The lowest BCUT2D eigenvalue weighted by Gasteiger charge is -2.21. The molecule has 26 heavy (non-hydrogen) atoms. The first-order chi connectivity index (χ1) is 12.5. The van der Waals surface area contributed by atoms with Crippen LogP contribution in [0, 0.1) is 13.8 Å². The highest BCUT2D eigenvalue weighted by atomic mass is 35.5. The summed E-state index contributed by atoms with van der Waals surface area (Å²) in [5, 5.41) is 5.10. The van der Waals surface area contributed by atoms with Crippen molar-refractivity contribution >= 4 is 44.2 Å². The monoisotopic (exact) mass is 391 g/mol. The lowest BCUT2D eigenvalue weighted by atomic mass is 10.2. The highest BCUT2D eigenvalue weighted by Gasteiger charge is 2.29. The fraction of sp³-hybridized carbons (Fsp3) is 0.389. The summed E-state index contributed by atoms with van der Waals surface area (Å²) in [6.45, 7) is 4.91. The number of aromatic nitrogens is 2. The molecule has 4 rings (SSSR count). The molecule has 1 aliphatic rings. The van der Waals surface area contributed by atoms with Crippen LogP contribution < -0.4 is 4.90 Å². The molecule has 6 nitrogen and oxygen atoms in total. The van der Waals surface area contributed by atoms with Crippen LogP contribution in [0.25, 0.3) is 10.2 Å². The van der Waals surface area contributed by atoms with Gasteiger partial charge >= 0.3 is 0 Å². The predicted octanol–water partition coefficient (Wildman–Crippen LogP) is 4.38. The van der Waals surface area contributed by atoms with Crippen LogP contribution in [-0.2, 0) is 4.74 Å². The van der Waals surface area contributed by atoms with E-state index in [0.717, 1.165) is 35.2 Å². The smallest absolute Gasteiger partial charge is 0.298 e. The Bertz CT molecular complexity index is 962. The molecule has 8 heteroatoms. The second-order valence-corrected chi connectivity index (χ2v) is 7.89. The van der Waals surface area contributed by atoms with Gasteiger partial charge in [-0.15, -0.1) is 0 Å². The zero-order chi connectivity index (χ0) is 18.3. The summed E-state index contributed by atoms with van der Waals surface area (Å²) in [5.74, 6) is -0.0570. The van der Waals surface area contributed by atoms with Gasteiger partial charge in [0.2, 0.25) is 5.76 Å².